The molecule has 0 saturated carbocycles. The largest absolute Gasteiger partial charge is 0.660 e. The lowest BCUT2D eigenvalue weighted by atomic mass is 9.27. The molecular formula is C26H17BF14O. The molecule has 0 aromatic heterocycles. The van der Waals surface area contributed by atoms with E-state index in [9.17, 15) is 52.7 Å². The highest BCUT2D eigenvalue weighted by Crippen LogP contribution is 2.38. The molecule has 4 rings (SSSR count). The monoisotopic (exact) mass is 622 g/mol. The summed E-state index contributed by atoms with van der Waals surface area (Å²) in [5, 5.41) is 0. The van der Waals surface area contributed by atoms with Crippen molar-refractivity contribution in [3.63, 3.8) is 0 Å². The van der Waals surface area contributed by atoms with Crippen molar-refractivity contribution >= 4 is 22.7 Å². The topological polar surface area (TPSA) is 2.70 Å². The molecule has 1 nitrogen and oxygen atoms in total. The first-order chi connectivity index (χ1) is 19.2. The third kappa shape index (κ3) is 5.33. The van der Waals surface area contributed by atoms with E-state index in [1.807, 2.05) is 4.28 Å². The van der Waals surface area contributed by atoms with Crippen molar-refractivity contribution in [2.75, 3.05) is 13.2 Å². The van der Waals surface area contributed by atoms with Gasteiger partial charge in [0.15, 0.2) is 17.5 Å². The zero-order valence-corrected chi connectivity index (χ0v) is 21.1. The van der Waals surface area contributed by atoms with Crippen molar-refractivity contribution in [2.45, 2.75) is 38.3 Å². The standard InChI is InChI=1S/C26H17BF14O/c1-12-6-13(24(33,34)35)9-16(7-12)27(42-4-2-3-5-42,18-19(28)21(30)23(32)22(31)20(18)29)17-10-14(25(36,37)38)8-15(11-17)26(39,40)41/h6-11H,2-5H2,1H3. The summed E-state index contributed by atoms with van der Waals surface area (Å²) in [5.74, 6) is -13.1. The van der Waals surface area contributed by atoms with Gasteiger partial charge in [-0.2, -0.15) is 39.5 Å². The summed E-state index contributed by atoms with van der Waals surface area (Å²) in [6.45, 7) is 0.110. The van der Waals surface area contributed by atoms with Crippen LogP contribution in [-0.4, -0.2) is 19.6 Å². The number of hydrogen-bond donors (Lipinski definition) is 0. The Morgan fingerprint density at radius 3 is 1.29 bits per heavy atom. The van der Waals surface area contributed by atoms with Crippen LogP contribution in [-0.2, 0) is 22.8 Å². The van der Waals surface area contributed by atoms with Gasteiger partial charge in [0.05, 0.1) is 29.9 Å². The lowest BCUT2D eigenvalue weighted by molar-refractivity contribution is -0.143. The fraction of sp³-hybridized carbons (Fsp3) is 0.308. The van der Waals surface area contributed by atoms with Crippen LogP contribution in [0.3, 0.4) is 0 Å². The summed E-state index contributed by atoms with van der Waals surface area (Å²) in [4.78, 5) is 0. The Bertz CT molecular complexity index is 1460. The SMILES string of the molecule is Cc1cc([B-](c2cc(C(F)(F)F)cc(C(F)(F)F)c2)(c2c(F)c(F)c(F)c(F)c2F)[O+]2CCCC2)cc(C(F)(F)F)c1. The molecule has 1 aliphatic heterocycles. The minimum atomic E-state index is -5.53. The Kier molecular flexibility index (Phi) is 7.88. The van der Waals surface area contributed by atoms with Gasteiger partial charge < -0.3 is 4.28 Å². The van der Waals surface area contributed by atoms with Crippen LogP contribution in [0.4, 0.5) is 61.5 Å². The Hall–Kier alpha value is -3.30. The van der Waals surface area contributed by atoms with Gasteiger partial charge in [0, 0.05) is 12.8 Å². The van der Waals surface area contributed by atoms with Gasteiger partial charge >= 0.3 is 24.9 Å². The number of benzene rings is 3. The van der Waals surface area contributed by atoms with Crippen LogP contribution in [0, 0.1) is 36.0 Å². The van der Waals surface area contributed by atoms with Crippen LogP contribution in [0.2, 0.25) is 0 Å². The molecule has 3 aromatic rings. The lowest BCUT2D eigenvalue weighted by Crippen LogP contribution is -2.75. The molecule has 0 spiro atoms. The zero-order valence-electron chi connectivity index (χ0n) is 21.1. The molecule has 1 aliphatic rings. The molecular weight excluding hydrogens is 605 g/mol. The maximum atomic E-state index is 15.6. The second kappa shape index (κ2) is 10.5. The third-order valence-corrected chi connectivity index (χ3v) is 7.19. The number of aryl methyl sites for hydroxylation is 1. The Labute approximate surface area is 228 Å². The van der Waals surface area contributed by atoms with Crippen LogP contribution >= 0.6 is 0 Å². The maximum absolute atomic E-state index is 15.6. The van der Waals surface area contributed by atoms with E-state index in [-0.39, 0.29) is 42.7 Å². The molecule has 0 N–H and O–H groups in total. The minimum Gasteiger partial charge on any atom is -0.660 e. The van der Waals surface area contributed by atoms with E-state index < -0.39 is 100 Å². The summed E-state index contributed by atoms with van der Waals surface area (Å²) < 4.78 is 202. The summed E-state index contributed by atoms with van der Waals surface area (Å²) in [6.07, 6.45) is -20.6. The highest BCUT2D eigenvalue weighted by atomic mass is 19.4. The lowest BCUT2D eigenvalue weighted by Gasteiger charge is -2.47. The van der Waals surface area contributed by atoms with Gasteiger partial charge in [0.1, 0.15) is 11.6 Å². The van der Waals surface area contributed by atoms with E-state index in [1.54, 1.807) is 0 Å². The van der Waals surface area contributed by atoms with Gasteiger partial charge in [-0.1, -0.05) is 29.8 Å². The van der Waals surface area contributed by atoms with Gasteiger partial charge in [-0.15, -0.1) is 10.9 Å². The van der Waals surface area contributed by atoms with Crippen molar-refractivity contribution in [2.24, 2.45) is 0 Å². The summed E-state index contributed by atoms with van der Waals surface area (Å²) in [7, 11) is 0. The molecule has 1 unspecified atom stereocenters. The average molecular weight is 622 g/mol. The molecule has 0 aliphatic carbocycles. The van der Waals surface area contributed by atoms with Crippen molar-refractivity contribution in [1.29, 1.82) is 0 Å². The predicted molar refractivity (Wildman–Crippen MR) is 124 cm³/mol. The Balaban J connectivity index is 2.35. The first kappa shape index (κ1) is 31.6. The second-order valence-corrected chi connectivity index (χ2v) is 9.89. The second-order valence-electron chi connectivity index (χ2n) is 9.89. The molecule has 0 radical (unpaired) electrons. The first-order valence-electron chi connectivity index (χ1n) is 12.0. The predicted octanol–water partition coefficient (Wildman–Crippen LogP) is 7.06. The molecule has 1 fully saturated rings. The summed E-state index contributed by atoms with van der Waals surface area (Å²) >= 11 is 0. The van der Waals surface area contributed by atoms with Crippen LogP contribution in [0.25, 0.3) is 0 Å². The van der Waals surface area contributed by atoms with E-state index >= 15 is 8.78 Å². The Morgan fingerprint density at radius 2 is 0.881 bits per heavy atom. The number of alkyl halides is 9. The third-order valence-electron chi connectivity index (χ3n) is 7.19. The highest BCUT2D eigenvalue weighted by molar-refractivity contribution is 7.07. The zero-order chi connectivity index (χ0) is 31.6. The van der Waals surface area contributed by atoms with E-state index in [1.165, 1.54) is 0 Å². The smallest absolute Gasteiger partial charge is 0.416 e. The van der Waals surface area contributed by atoms with E-state index in [0.717, 1.165) is 13.0 Å². The molecule has 0 amide bonds. The normalized spacial score (nSPS) is 16.6. The molecule has 228 valence electrons. The molecule has 1 heterocycles. The number of halogens is 14. The van der Waals surface area contributed by atoms with Gasteiger partial charge in [-0.25, -0.2) is 22.0 Å². The van der Waals surface area contributed by atoms with Crippen molar-refractivity contribution < 1.29 is 65.8 Å². The van der Waals surface area contributed by atoms with Gasteiger partial charge in [0.25, 0.3) is 0 Å². The minimum absolute atomic E-state index is 0.00814. The maximum Gasteiger partial charge on any atom is 0.416 e. The molecule has 1 saturated heterocycles. The first-order valence-corrected chi connectivity index (χ1v) is 12.0. The van der Waals surface area contributed by atoms with Gasteiger partial charge in [-0.05, 0) is 24.5 Å². The van der Waals surface area contributed by atoms with Gasteiger partial charge in [0.2, 0.25) is 0 Å². The average Bonchev–Trinajstić information content (AvgIpc) is 3.42. The fourth-order valence-corrected chi connectivity index (χ4v) is 5.51. The van der Waals surface area contributed by atoms with Crippen molar-refractivity contribution in [3.05, 3.63) is 87.7 Å². The summed E-state index contributed by atoms with van der Waals surface area (Å²) in [5.41, 5.74) is -10.0. The molecule has 3 aromatic carbocycles. The van der Waals surface area contributed by atoms with Gasteiger partial charge in [-0.3, -0.25) is 0 Å². The van der Waals surface area contributed by atoms with Crippen LogP contribution < -0.4 is 16.4 Å². The van der Waals surface area contributed by atoms with Crippen LogP contribution in [0.1, 0.15) is 35.1 Å². The summed E-state index contributed by atoms with van der Waals surface area (Å²) in [6, 6.07) is 1.21. The number of hydrogen-bond acceptors (Lipinski definition) is 0. The van der Waals surface area contributed by atoms with E-state index in [2.05, 4.69) is 0 Å². The number of rotatable bonds is 4. The molecule has 16 heteroatoms. The quantitative estimate of drug-likeness (QED) is 0.0965. The van der Waals surface area contributed by atoms with E-state index in [4.69, 9.17) is 0 Å². The molecule has 42 heavy (non-hydrogen) atoms. The van der Waals surface area contributed by atoms with Crippen molar-refractivity contribution in [1.82, 2.24) is 0 Å². The van der Waals surface area contributed by atoms with Crippen molar-refractivity contribution in [3.8, 4) is 0 Å². The molecule has 0 bridgehead atoms. The van der Waals surface area contributed by atoms with Crippen LogP contribution in [0.15, 0.2) is 36.4 Å². The van der Waals surface area contributed by atoms with E-state index in [0.29, 0.717) is 6.07 Å². The van der Waals surface area contributed by atoms with Crippen LogP contribution in [0.5, 0.6) is 0 Å². The highest BCUT2D eigenvalue weighted by Gasteiger charge is 2.53. The molecule has 1 atom stereocenters. The Morgan fingerprint density at radius 1 is 0.524 bits per heavy atom. The fourth-order valence-electron chi connectivity index (χ4n) is 5.51.